The van der Waals surface area contributed by atoms with Crippen LogP contribution in [-0.2, 0) is 4.74 Å². The van der Waals surface area contributed by atoms with Crippen LogP contribution in [0.2, 0.25) is 0 Å². The molecule has 1 unspecified atom stereocenters. The molecule has 0 bridgehead atoms. The van der Waals surface area contributed by atoms with Crippen molar-refractivity contribution in [2.24, 2.45) is 0 Å². The standard InChI is InChI=1S/C9H18O2/c1-2-3-5-9(10)6-4-7-11-8-9/h10H,2-8H2,1H3. The van der Waals surface area contributed by atoms with Crippen LogP contribution in [-0.4, -0.2) is 23.9 Å². The van der Waals surface area contributed by atoms with Gasteiger partial charge >= 0.3 is 0 Å². The van der Waals surface area contributed by atoms with Gasteiger partial charge in [-0.3, -0.25) is 0 Å². The first kappa shape index (κ1) is 9.01. The largest absolute Gasteiger partial charge is 0.387 e. The van der Waals surface area contributed by atoms with Crippen molar-refractivity contribution in [1.82, 2.24) is 0 Å². The van der Waals surface area contributed by atoms with Gasteiger partial charge in [0.25, 0.3) is 0 Å². The molecule has 0 amide bonds. The first-order valence-corrected chi connectivity index (χ1v) is 4.57. The Labute approximate surface area is 68.6 Å². The number of rotatable bonds is 3. The fourth-order valence-corrected chi connectivity index (χ4v) is 1.54. The van der Waals surface area contributed by atoms with E-state index in [1.54, 1.807) is 0 Å². The first-order chi connectivity index (χ1) is 5.27. The number of ether oxygens (including phenoxy) is 1. The van der Waals surface area contributed by atoms with Crippen molar-refractivity contribution in [2.75, 3.05) is 13.2 Å². The Balaban J connectivity index is 2.25. The van der Waals surface area contributed by atoms with E-state index in [4.69, 9.17) is 4.74 Å². The van der Waals surface area contributed by atoms with E-state index in [0.717, 1.165) is 38.7 Å². The number of aliphatic hydroxyl groups is 1. The second-order valence-electron chi connectivity index (χ2n) is 3.48. The highest BCUT2D eigenvalue weighted by Gasteiger charge is 2.28. The zero-order valence-electron chi connectivity index (χ0n) is 7.31. The molecule has 0 aliphatic carbocycles. The van der Waals surface area contributed by atoms with Crippen LogP contribution in [0.4, 0.5) is 0 Å². The van der Waals surface area contributed by atoms with Gasteiger partial charge < -0.3 is 9.84 Å². The molecule has 2 nitrogen and oxygen atoms in total. The summed E-state index contributed by atoms with van der Waals surface area (Å²) in [6.07, 6.45) is 5.11. The SMILES string of the molecule is CCCCC1(O)CCCOC1. The molecule has 1 saturated heterocycles. The van der Waals surface area contributed by atoms with Crippen molar-refractivity contribution >= 4 is 0 Å². The molecule has 2 heteroatoms. The van der Waals surface area contributed by atoms with E-state index in [0.29, 0.717) is 6.61 Å². The maximum absolute atomic E-state index is 9.88. The van der Waals surface area contributed by atoms with Crippen molar-refractivity contribution < 1.29 is 9.84 Å². The van der Waals surface area contributed by atoms with E-state index in [1.807, 2.05) is 0 Å². The van der Waals surface area contributed by atoms with Gasteiger partial charge in [0.05, 0.1) is 12.2 Å². The second kappa shape index (κ2) is 4.07. The summed E-state index contributed by atoms with van der Waals surface area (Å²) in [7, 11) is 0. The minimum Gasteiger partial charge on any atom is -0.387 e. The van der Waals surface area contributed by atoms with E-state index in [1.165, 1.54) is 0 Å². The van der Waals surface area contributed by atoms with E-state index in [9.17, 15) is 5.11 Å². The Bertz CT molecular complexity index is 106. The van der Waals surface area contributed by atoms with Crippen molar-refractivity contribution in [3.63, 3.8) is 0 Å². The molecule has 0 radical (unpaired) electrons. The third-order valence-electron chi connectivity index (χ3n) is 2.30. The minimum atomic E-state index is -0.492. The average Bonchev–Trinajstić information content (AvgIpc) is 2.03. The fourth-order valence-electron chi connectivity index (χ4n) is 1.54. The highest BCUT2D eigenvalue weighted by atomic mass is 16.5. The Morgan fingerprint density at radius 1 is 1.55 bits per heavy atom. The molecule has 1 aliphatic heterocycles. The second-order valence-corrected chi connectivity index (χ2v) is 3.48. The maximum Gasteiger partial charge on any atom is 0.0881 e. The molecule has 0 spiro atoms. The van der Waals surface area contributed by atoms with Gasteiger partial charge in [-0.25, -0.2) is 0 Å². The molecule has 0 aromatic rings. The van der Waals surface area contributed by atoms with Crippen LogP contribution >= 0.6 is 0 Å². The summed E-state index contributed by atoms with van der Waals surface area (Å²) in [6, 6.07) is 0. The lowest BCUT2D eigenvalue weighted by molar-refractivity contribution is -0.0904. The third kappa shape index (κ3) is 2.80. The molecular weight excluding hydrogens is 140 g/mol. The minimum absolute atomic E-state index is 0.492. The quantitative estimate of drug-likeness (QED) is 0.677. The summed E-state index contributed by atoms with van der Waals surface area (Å²) >= 11 is 0. The highest BCUT2D eigenvalue weighted by molar-refractivity contribution is 4.80. The van der Waals surface area contributed by atoms with Crippen molar-refractivity contribution in [1.29, 1.82) is 0 Å². The lowest BCUT2D eigenvalue weighted by Crippen LogP contribution is -2.38. The van der Waals surface area contributed by atoms with Gasteiger partial charge in [-0.15, -0.1) is 0 Å². The van der Waals surface area contributed by atoms with Crippen LogP contribution in [0.5, 0.6) is 0 Å². The Kier molecular flexibility index (Phi) is 3.34. The zero-order valence-corrected chi connectivity index (χ0v) is 7.31. The highest BCUT2D eigenvalue weighted by Crippen LogP contribution is 2.24. The fraction of sp³-hybridized carbons (Fsp3) is 1.00. The summed E-state index contributed by atoms with van der Waals surface area (Å²) < 4.78 is 5.23. The van der Waals surface area contributed by atoms with E-state index < -0.39 is 5.60 Å². The van der Waals surface area contributed by atoms with Crippen LogP contribution in [0.25, 0.3) is 0 Å². The van der Waals surface area contributed by atoms with Crippen molar-refractivity contribution in [3.05, 3.63) is 0 Å². The van der Waals surface area contributed by atoms with Gasteiger partial charge in [-0.1, -0.05) is 19.8 Å². The van der Waals surface area contributed by atoms with E-state index >= 15 is 0 Å². The maximum atomic E-state index is 9.88. The monoisotopic (exact) mass is 158 g/mol. The van der Waals surface area contributed by atoms with Crippen molar-refractivity contribution in [2.45, 2.75) is 44.6 Å². The molecule has 66 valence electrons. The Morgan fingerprint density at radius 3 is 2.91 bits per heavy atom. The average molecular weight is 158 g/mol. The topological polar surface area (TPSA) is 29.5 Å². The van der Waals surface area contributed by atoms with Gasteiger partial charge in [-0.05, 0) is 19.3 Å². The summed E-state index contributed by atoms with van der Waals surface area (Å²) in [5, 5.41) is 9.88. The van der Waals surface area contributed by atoms with Gasteiger partial charge in [-0.2, -0.15) is 0 Å². The Hall–Kier alpha value is -0.0800. The van der Waals surface area contributed by atoms with E-state index in [-0.39, 0.29) is 0 Å². The molecule has 1 fully saturated rings. The van der Waals surface area contributed by atoms with Gasteiger partial charge in [0, 0.05) is 6.61 Å². The molecule has 0 aromatic heterocycles. The summed E-state index contributed by atoms with van der Waals surface area (Å²) in [6.45, 7) is 3.52. The number of hydrogen-bond donors (Lipinski definition) is 1. The predicted molar refractivity (Wildman–Crippen MR) is 44.5 cm³/mol. The molecule has 11 heavy (non-hydrogen) atoms. The van der Waals surface area contributed by atoms with Gasteiger partial charge in [0.15, 0.2) is 0 Å². The molecule has 1 atom stereocenters. The first-order valence-electron chi connectivity index (χ1n) is 4.57. The van der Waals surface area contributed by atoms with Crippen LogP contribution in [0.15, 0.2) is 0 Å². The number of unbranched alkanes of at least 4 members (excludes halogenated alkanes) is 1. The molecule has 1 aliphatic rings. The van der Waals surface area contributed by atoms with Crippen LogP contribution in [0.1, 0.15) is 39.0 Å². The molecule has 1 N–H and O–H groups in total. The third-order valence-corrected chi connectivity index (χ3v) is 2.30. The van der Waals surface area contributed by atoms with Gasteiger partial charge in [0.1, 0.15) is 0 Å². The lowest BCUT2D eigenvalue weighted by atomic mass is 9.91. The lowest BCUT2D eigenvalue weighted by Gasteiger charge is -2.31. The van der Waals surface area contributed by atoms with Crippen LogP contribution in [0, 0.1) is 0 Å². The number of hydrogen-bond acceptors (Lipinski definition) is 2. The van der Waals surface area contributed by atoms with Crippen molar-refractivity contribution in [3.8, 4) is 0 Å². The van der Waals surface area contributed by atoms with Crippen LogP contribution < -0.4 is 0 Å². The van der Waals surface area contributed by atoms with Crippen LogP contribution in [0.3, 0.4) is 0 Å². The van der Waals surface area contributed by atoms with E-state index in [2.05, 4.69) is 6.92 Å². The predicted octanol–water partition coefficient (Wildman–Crippen LogP) is 1.72. The molecule has 0 saturated carbocycles. The molecular formula is C9H18O2. The summed E-state index contributed by atoms with van der Waals surface area (Å²) in [4.78, 5) is 0. The van der Waals surface area contributed by atoms with Gasteiger partial charge in [0.2, 0.25) is 0 Å². The molecule has 0 aromatic carbocycles. The normalized spacial score (nSPS) is 32.2. The summed E-state index contributed by atoms with van der Waals surface area (Å²) in [5.41, 5.74) is -0.492. The Morgan fingerprint density at radius 2 is 2.36 bits per heavy atom. The zero-order chi connectivity index (χ0) is 8.16. The summed E-state index contributed by atoms with van der Waals surface area (Å²) in [5.74, 6) is 0. The molecule has 1 rings (SSSR count). The molecule has 1 heterocycles. The smallest absolute Gasteiger partial charge is 0.0881 e.